The van der Waals surface area contributed by atoms with Crippen molar-refractivity contribution in [2.75, 3.05) is 32.8 Å². The molecule has 0 spiro atoms. The molecule has 24 heavy (non-hydrogen) atoms. The molecule has 1 aromatic heterocycles. The van der Waals surface area contributed by atoms with Crippen LogP contribution in [0.25, 0.3) is 0 Å². The Morgan fingerprint density at radius 3 is 3.04 bits per heavy atom. The van der Waals surface area contributed by atoms with E-state index in [0.717, 1.165) is 19.6 Å². The van der Waals surface area contributed by atoms with E-state index in [1.807, 2.05) is 0 Å². The maximum Gasteiger partial charge on any atom is 0.232 e. The molecular formula is C15H24Cl2IN5O. The third-order valence-corrected chi connectivity index (χ3v) is 4.28. The van der Waals surface area contributed by atoms with Crippen molar-refractivity contribution in [2.45, 2.75) is 25.8 Å². The lowest BCUT2D eigenvalue weighted by atomic mass is 10.2. The minimum Gasteiger partial charge on any atom is -0.475 e. The van der Waals surface area contributed by atoms with Crippen molar-refractivity contribution in [3.05, 3.63) is 22.3 Å². The van der Waals surface area contributed by atoms with Gasteiger partial charge in [-0.1, -0.05) is 30.1 Å². The second-order valence-corrected chi connectivity index (χ2v) is 6.21. The standard InChI is InChI=1S/C15H23Cl2N5O.HI/c1-2-22-6-3-4-12(22)10-21-15(18)19-5-7-23-14-13(17)8-11(16)9-20-14;/h8-9,12H,2-7,10H2,1H3,(H3,18,19,21);1H. The Hall–Kier alpha value is -0.510. The largest absolute Gasteiger partial charge is 0.475 e. The normalized spacial score (nSPS) is 18.3. The molecule has 0 saturated carbocycles. The zero-order valence-corrected chi connectivity index (χ0v) is 17.5. The summed E-state index contributed by atoms with van der Waals surface area (Å²) in [4.78, 5) is 10.9. The Balaban J connectivity index is 0.00000288. The summed E-state index contributed by atoms with van der Waals surface area (Å²) in [5.41, 5.74) is 5.87. The molecule has 6 nitrogen and oxygen atoms in total. The van der Waals surface area contributed by atoms with E-state index in [2.05, 4.69) is 27.1 Å². The first kappa shape index (κ1) is 21.5. The second-order valence-electron chi connectivity index (χ2n) is 5.37. The average molecular weight is 488 g/mol. The van der Waals surface area contributed by atoms with Crippen molar-refractivity contribution in [3.63, 3.8) is 0 Å². The van der Waals surface area contributed by atoms with Gasteiger partial charge in [-0.2, -0.15) is 0 Å². The minimum absolute atomic E-state index is 0. The molecule has 0 aromatic carbocycles. The summed E-state index contributed by atoms with van der Waals surface area (Å²) >= 11 is 11.8. The van der Waals surface area contributed by atoms with E-state index in [4.69, 9.17) is 33.7 Å². The molecule has 0 aliphatic carbocycles. The molecule has 1 saturated heterocycles. The first-order valence-corrected chi connectivity index (χ1v) is 8.57. The topological polar surface area (TPSA) is 75.8 Å². The molecular weight excluding hydrogens is 464 g/mol. The van der Waals surface area contributed by atoms with Gasteiger partial charge in [-0.05, 0) is 32.0 Å². The van der Waals surface area contributed by atoms with Gasteiger partial charge in [0.15, 0.2) is 5.96 Å². The van der Waals surface area contributed by atoms with Crippen LogP contribution >= 0.6 is 47.2 Å². The first-order valence-electron chi connectivity index (χ1n) is 7.81. The Morgan fingerprint density at radius 1 is 1.54 bits per heavy atom. The molecule has 3 N–H and O–H groups in total. The summed E-state index contributed by atoms with van der Waals surface area (Å²) in [6, 6.07) is 2.10. The van der Waals surface area contributed by atoms with E-state index in [1.54, 1.807) is 6.07 Å². The number of hydrogen-bond acceptors (Lipinski definition) is 4. The molecule has 2 rings (SSSR count). The van der Waals surface area contributed by atoms with Gasteiger partial charge >= 0.3 is 0 Å². The van der Waals surface area contributed by atoms with Gasteiger partial charge in [0.2, 0.25) is 5.88 Å². The van der Waals surface area contributed by atoms with Crippen molar-refractivity contribution in [3.8, 4) is 5.88 Å². The third kappa shape index (κ3) is 6.78. The van der Waals surface area contributed by atoms with Crippen LogP contribution in [0, 0.1) is 0 Å². The molecule has 1 aliphatic rings. The molecule has 1 fully saturated rings. The highest BCUT2D eigenvalue weighted by Crippen LogP contribution is 2.24. The van der Waals surface area contributed by atoms with Crippen molar-refractivity contribution in [2.24, 2.45) is 10.7 Å². The van der Waals surface area contributed by atoms with E-state index < -0.39 is 0 Å². The van der Waals surface area contributed by atoms with Crippen molar-refractivity contribution in [1.82, 2.24) is 15.2 Å². The van der Waals surface area contributed by atoms with Crippen LogP contribution in [-0.2, 0) is 0 Å². The Bertz CT molecular complexity index is 547. The molecule has 9 heteroatoms. The van der Waals surface area contributed by atoms with Crippen LogP contribution in [0.5, 0.6) is 5.88 Å². The summed E-state index contributed by atoms with van der Waals surface area (Å²) < 4.78 is 5.47. The summed E-state index contributed by atoms with van der Waals surface area (Å²) in [6.07, 6.45) is 3.92. The Morgan fingerprint density at radius 2 is 2.33 bits per heavy atom. The highest BCUT2D eigenvalue weighted by atomic mass is 127. The number of guanidine groups is 1. The summed E-state index contributed by atoms with van der Waals surface area (Å²) in [7, 11) is 0. The number of likely N-dealkylation sites (tertiary alicyclic amines) is 1. The number of halogens is 3. The molecule has 0 amide bonds. The molecule has 0 bridgehead atoms. The van der Waals surface area contributed by atoms with Crippen LogP contribution < -0.4 is 15.8 Å². The number of nitrogens with two attached hydrogens (primary N) is 1. The number of rotatable bonds is 7. The van der Waals surface area contributed by atoms with E-state index in [-0.39, 0.29) is 24.0 Å². The fourth-order valence-electron chi connectivity index (χ4n) is 2.61. The SMILES string of the molecule is CCN1CCCC1CN=C(N)NCCOc1ncc(Cl)cc1Cl.I. The third-order valence-electron chi connectivity index (χ3n) is 3.80. The van der Waals surface area contributed by atoms with Crippen LogP contribution in [0.2, 0.25) is 10.0 Å². The van der Waals surface area contributed by atoms with E-state index >= 15 is 0 Å². The lowest BCUT2D eigenvalue weighted by Gasteiger charge is -2.20. The van der Waals surface area contributed by atoms with Gasteiger partial charge in [-0.15, -0.1) is 24.0 Å². The molecule has 0 radical (unpaired) electrons. The van der Waals surface area contributed by atoms with E-state index in [1.165, 1.54) is 19.0 Å². The van der Waals surface area contributed by atoms with Gasteiger partial charge in [-0.25, -0.2) is 4.98 Å². The number of likely N-dealkylation sites (N-methyl/N-ethyl adjacent to an activating group) is 1. The van der Waals surface area contributed by atoms with Crippen LogP contribution in [0.3, 0.4) is 0 Å². The number of aliphatic imine (C=N–C) groups is 1. The maximum absolute atomic E-state index is 5.98. The van der Waals surface area contributed by atoms with Crippen molar-refractivity contribution in [1.29, 1.82) is 0 Å². The number of aromatic nitrogens is 1. The maximum atomic E-state index is 5.98. The molecule has 2 heterocycles. The average Bonchev–Trinajstić information content (AvgIpc) is 2.98. The fourth-order valence-corrected chi connectivity index (χ4v) is 3.05. The predicted molar refractivity (Wildman–Crippen MR) is 110 cm³/mol. The number of hydrogen-bond donors (Lipinski definition) is 2. The van der Waals surface area contributed by atoms with Gasteiger partial charge in [0.25, 0.3) is 0 Å². The lowest BCUT2D eigenvalue weighted by molar-refractivity contribution is 0.273. The zero-order chi connectivity index (χ0) is 16.7. The molecule has 1 aromatic rings. The van der Waals surface area contributed by atoms with Crippen molar-refractivity contribution < 1.29 is 4.74 Å². The number of ether oxygens (including phenoxy) is 1. The van der Waals surface area contributed by atoms with Crippen LogP contribution in [0.15, 0.2) is 17.3 Å². The molecule has 1 aliphatic heterocycles. The van der Waals surface area contributed by atoms with E-state index in [9.17, 15) is 0 Å². The predicted octanol–water partition coefficient (Wildman–Crippen LogP) is 2.77. The quantitative estimate of drug-likeness (QED) is 0.267. The number of nitrogens with one attached hydrogen (secondary N) is 1. The summed E-state index contributed by atoms with van der Waals surface area (Å²) in [5, 5.41) is 3.89. The van der Waals surface area contributed by atoms with Crippen LogP contribution in [0.1, 0.15) is 19.8 Å². The minimum atomic E-state index is 0. The van der Waals surface area contributed by atoms with Crippen LogP contribution in [0.4, 0.5) is 0 Å². The Kier molecular flexibility index (Phi) is 10.0. The smallest absolute Gasteiger partial charge is 0.232 e. The highest BCUT2D eigenvalue weighted by molar-refractivity contribution is 14.0. The van der Waals surface area contributed by atoms with E-state index in [0.29, 0.717) is 41.1 Å². The van der Waals surface area contributed by atoms with Gasteiger partial charge in [0, 0.05) is 12.2 Å². The summed E-state index contributed by atoms with van der Waals surface area (Å²) in [5.74, 6) is 0.796. The monoisotopic (exact) mass is 487 g/mol. The van der Waals surface area contributed by atoms with Crippen LogP contribution in [-0.4, -0.2) is 54.7 Å². The molecule has 1 atom stereocenters. The number of pyridine rings is 1. The molecule has 1 unspecified atom stereocenters. The second kappa shape index (κ2) is 11.2. The molecule has 136 valence electrons. The van der Waals surface area contributed by atoms with Gasteiger partial charge in [-0.3, -0.25) is 9.89 Å². The highest BCUT2D eigenvalue weighted by Gasteiger charge is 2.22. The zero-order valence-electron chi connectivity index (χ0n) is 13.7. The lowest BCUT2D eigenvalue weighted by Crippen LogP contribution is -2.37. The Labute approximate surface area is 170 Å². The van der Waals surface area contributed by atoms with Gasteiger partial charge in [0.1, 0.15) is 11.6 Å². The van der Waals surface area contributed by atoms with Gasteiger partial charge < -0.3 is 15.8 Å². The number of nitrogens with zero attached hydrogens (tertiary/aromatic N) is 3. The first-order chi connectivity index (χ1) is 11.1. The van der Waals surface area contributed by atoms with Gasteiger partial charge in [0.05, 0.1) is 18.1 Å². The van der Waals surface area contributed by atoms with Crippen molar-refractivity contribution >= 4 is 53.1 Å². The fraction of sp³-hybridized carbons (Fsp3) is 0.600. The summed E-state index contributed by atoms with van der Waals surface area (Å²) in [6.45, 7) is 6.05.